The minimum absolute atomic E-state index is 0.254. The number of hydrogen-bond donors (Lipinski definition) is 0. The second-order valence-electron chi connectivity index (χ2n) is 2.60. The quantitative estimate of drug-likeness (QED) is 0.692. The molecule has 0 spiro atoms. The molecule has 1 heterocycles. The summed E-state index contributed by atoms with van der Waals surface area (Å²) in [7, 11) is 0. The molecule has 0 aliphatic heterocycles. The van der Waals surface area contributed by atoms with Crippen LogP contribution in [0.2, 0.25) is 0 Å². The summed E-state index contributed by atoms with van der Waals surface area (Å²) in [5.41, 5.74) is 0. The molecule has 0 N–H and O–H groups in total. The molecule has 0 aromatic carbocycles. The van der Waals surface area contributed by atoms with Crippen LogP contribution in [-0.4, -0.2) is 15.4 Å². The number of rotatable bonds is 4. The highest BCUT2D eigenvalue weighted by Gasteiger charge is 2.11. The van der Waals surface area contributed by atoms with Crippen molar-refractivity contribution in [3.8, 4) is 6.07 Å². The minimum atomic E-state index is 0.254. The Bertz CT molecular complexity index is 305. The van der Waals surface area contributed by atoms with Crippen LogP contribution in [-0.2, 0) is 0 Å². The fourth-order valence-corrected chi connectivity index (χ4v) is 1.71. The number of aromatic nitrogens is 2. The molecule has 4 nitrogen and oxygen atoms in total. The van der Waals surface area contributed by atoms with Gasteiger partial charge in [-0.05, 0) is 6.42 Å². The molecular formula is C8H11N3OS. The summed E-state index contributed by atoms with van der Waals surface area (Å²) in [6.07, 6.45) is 1.45. The van der Waals surface area contributed by atoms with Crippen LogP contribution >= 0.6 is 11.8 Å². The lowest BCUT2D eigenvalue weighted by atomic mass is 10.3. The van der Waals surface area contributed by atoms with Crippen molar-refractivity contribution in [2.45, 2.75) is 37.2 Å². The molecule has 13 heavy (non-hydrogen) atoms. The molecule has 1 rings (SSSR count). The van der Waals surface area contributed by atoms with Gasteiger partial charge >= 0.3 is 0 Å². The Kier molecular flexibility index (Phi) is 3.77. The van der Waals surface area contributed by atoms with Crippen LogP contribution in [0.3, 0.4) is 0 Å². The summed E-state index contributed by atoms with van der Waals surface area (Å²) in [5, 5.41) is 16.9. The molecule has 0 radical (unpaired) electrons. The predicted molar refractivity (Wildman–Crippen MR) is 49.2 cm³/mol. The van der Waals surface area contributed by atoms with Gasteiger partial charge in [-0.25, -0.2) is 0 Å². The van der Waals surface area contributed by atoms with E-state index in [0.717, 1.165) is 6.42 Å². The maximum atomic E-state index is 8.52. The number of nitrogens with zero attached hydrogens (tertiary/aromatic N) is 3. The third kappa shape index (κ3) is 3.07. The fourth-order valence-electron chi connectivity index (χ4n) is 0.840. The number of thioether (sulfide) groups is 1. The zero-order valence-corrected chi connectivity index (χ0v) is 8.47. The van der Waals surface area contributed by atoms with Gasteiger partial charge in [0.1, 0.15) is 0 Å². The molecule has 1 unspecified atom stereocenters. The summed E-state index contributed by atoms with van der Waals surface area (Å²) in [4.78, 5) is 0. The molecule has 1 atom stereocenters. The van der Waals surface area contributed by atoms with Crippen molar-refractivity contribution in [1.82, 2.24) is 10.2 Å². The normalized spacial score (nSPS) is 12.4. The lowest BCUT2D eigenvalue weighted by Crippen LogP contribution is -1.98. The minimum Gasteiger partial charge on any atom is -0.416 e. The molecule has 0 aliphatic rings. The van der Waals surface area contributed by atoms with E-state index >= 15 is 0 Å². The first-order valence-electron chi connectivity index (χ1n) is 4.10. The standard InChI is InChI=1S/C8H11N3OS/c1-3-7(4-5-9)13-8-11-10-6(2)12-8/h7H,3-4H2,1-2H3. The third-order valence-electron chi connectivity index (χ3n) is 1.55. The van der Waals surface area contributed by atoms with Crippen LogP contribution < -0.4 is 0 Å². The number of hydrogen-bond acceptors (Lipinski definition) is 5. The van der Waals surface area contributed by atoms with E-state index in [9.17, 15) is 0 Å². The van der Waals surface area contributed by atoms with Crippen molar-refractivity contribution in [2.75, 3.05) is 0 Å². The van der Waals surface area contributed by atoms with E-state index in [-0.39, 0.29) is 5.25 Å². The topological polar surface area (TPSA) is 62.7 Å². The van der Waals surface area contributed by atoms with Gasteiger partial charge < -0.3 is 4.42 Å². The van der Waals surface area contributed by atoms with Gasteiger partial charge in [0.2, 0.25) is 5.89 Å². The van der Waals surface area contributed by atoms with E-state index in [1.165, 1.54) is 11.8 Å². The molecular weight excluding hydrogens is 186 g/mol. The van der Waals surface area contributed by atoms with Crippen LogP contribution in [0.15, 0.2) is 9.64 Å². The first-order chi connectivity index (χ1) is 6.26. The average Bonchev–Trinajstić information content (AvgIpc) is 2.50. The molecule has 0 saturated carbocycles. The highest BCUT2D eigenvalue weighted by Crippen LogP contribution is 2.25. The van der Waals surface area contributed by atoms with Gasteiger partial charge in [0.25, 0.3) is 5.22 Å². The Morgan fingerprint density at radius 3 is 2.85 bits per heavy atom. The second kappa shape index (κ2) is 4.87. The Morgan fingerprint density at radius 2 is 2.38 bits per heavy atom. The monoisotopic (exact) mass is 197 g/mol. The SMILES string of the molecule is CCC(CC#N)Sc1nnc(C)o1. The van der Waals surface area contributed by atoms with E-state index in [2.05, 4.69) is 16.3 Å². The maximum absolute atomic E-state index is 8.52. The molecule has 70 valence electrons. The molecule has 1 aromatic heterocycles. The second-order valence-corrected chi connectivity index (χ2v) is 3.85. The first kappa shape index (κ1) is 10.1. The summed E-state index contributed by atoms with van der Waals surface area (Å²) < 4.78 is 5.19. The highest BCUT2D eigenvalue weighted by atomic mass is 32.2. The van der Waals surface area contributed by atoms with Crippen molar-refractivity contribution >= 4 is 11.8 Å². The molecule has 0 aliphatic carbocycles. The van der Waals surface area contributed by atoms with Crippen molar-refractivity contribution < 1.29 is 4.42 Å². The van der Waals surface area contributed by atoms with E-state index in [1.54, 1.807) is 6.92 Å². The van der Waals surface area contributed by atoms with E-state index in [4.69, 9.17) is 9.68 Å². The van der Waals surface area contributed by atoms with Gasteiger partial charge in [0.15, 0.2) is 0 Å². The largest absolute Gasteiger partial charge is 0.416 e. The summed E-state index contributed by atoms with van der Waals surface area (Å²) in [5.74, 6) is 0.564. The first-order valence-corrected chi connectivity index (χ1v) is 4.98. The number of aryl methyl sites for hydroxylation is 1. The Labute approximate surface area is 81.3 Å². The molecule has 5 heteroatoms. The van der Waals surface area contributed by atoms with Gasteiger partial charge in [-0.15, -0.1) is 10.2 Å². The maximum Gasteiger partial charge on any atom is 0.276 e. The van der Waals surface area contributed by atoms with Crippen LogP contribution in [0, 0.1) is 18.3 Å². The molecule has 1 aromatic rings. The average molecular weight is 197 g/mol. The smallest absolute Gasteiger partial charge is 0.276 e. The Balaban J connectivity index is 2.52. The fraction of sp³-hybridized carbons (Fsp3) is 0.625. The van der Waals surface area contributed by atoms with Gasteiger partial charge in [0, 0.05) is 18.6 Å². The molecule has 0 amide bonds. The van der Waals surface area contributed by atoms with Crippen molar-refractivity contribution in [3.05, 3.63) is 5.89 Å². The van der Waals surface area contributed by atoms with Crippen molar-refractivity contribution in [1.29, 1.82) is 5.26 Å². The summed E-state index contributed by atoms with van der Waals surface area (Å²) >= 11 is 1.47. The zero-order valence-electron chi connectivity index (χ0n) is 7.65. The van der Waals surface area contributed by atoms with Crippen molar-refractivity contribution in [2.24, 2.45) is 0 Å². The Morgan fingerprint density at radius 1 is 1.62 bits per heavy atom. The van der Waals surface area contributed by atoms with E-state index < -0.39 is 0 Å². The lowest BCUT2D eigenvalue weighted by molar-refractivity contribution is 0.428. The number of nitriles is 1. The van der Waals surface area contributed by atoms with Crippen LogP contribution in [0.1, 0.15) is 25.7 Å². The van der Waals surface area contributed by atoms with Crippen molar-refractivity contribution in [3.63, 3.8) is 0 Å². The third-order valence-corrected chi connectivity index (χ3v) is 2.75. The summed E-state index contributed by atoms with van der Waals surface area (Å²) in [6.45, 7) is 3.79. The molecule has 0 fully saturated rings. The van der Waals surface area contributed by atoms with E-state index in [1.807, 2.05) is 6.92 Å². The van der Waals surface area contributed by atoms with Crippen LogP contribution in [0.25, 0.3) is 0 Å². The van der Waals surface area contributed by atoms with Gasteiger partial charge in [-0.3, -0.25) is 0 Å². The highest BCUT2D eigenvalue weighted by molar-refractivity contribution is 7.99. The van der Waals surface area contributed by atoms with Gasteiger partial charge in [-0.2, -0.15) is 5.26 Å². The Hall–Kier alpha value is -1.02. The van der Waals surface area contributed by atoms with Gasteiger partial charge in [0.05, 0.1) is 6.07 Å². The van der Waals surface area contributed by atoms with Crippen LogP contribution in [0.5, 0.6) is 0 Å². The predicted octanol–water partition coefficient (Wildman–Crippen LogP) is 2.16. The molecule has 0 bridgehead atoms. The van der Waals surface area contributed by atoms with Crippen LogP contribution in [0.4, 0.5) is 0 Å². The summed E-state index contributed by atoms with van der Waals surface area (Å²) in [6, 6.07) is 2.14. The lowest BCUT2D eigenvalue weighted by Gasteiger charge is -2.05. The molecule has 0 saturated heterocycles. The van der Waals surface area contributed by atoms with E-state index in [0.29, 0.717) is 17.5 Å². The van der Waals surface area contributed by atoms with Gasteiger partial charge in [-0.1, -0.05) is 18.7 Å². The zero-order chi connectivity index (χ0) is 9.68.